The van der Waals surface area contributed by atoms with Crippen molar-refractivity contribution in [1.29, 1.82) is 0 Å². The summed E-state index contributed by atoms with van der Waals surface area (Å²) in [6.45, 7) is 12.2. The van der Waals surface area contributed by atoms with Gasteiger partial charge in [-0.1, -0.05) is 27.2 Å². The Labute approximate surface area is 128 Å². The largest absolute Gasteiger partial charge is 0.354 e. The van der Waals surface area contributed by atoms with Crippen LogP contribution in [0.5, 0.6) is 0 Å². The van der Waals surface area contributed by atoms with Crippen LogP contribution in [0.3, 0.4) is 0 Å². The zero-order valence-corrected chi connectivity index (χ0v) is 14.1. The minimum absolute atomic E-state index is 0.0625. The van der Waals surface area contributed by atoms with Gasteiger partial charge in [-0.2, -0.15) is 0 Å². The van der Waals surface area contributed by atoms with E-state index >= 15 is 0 Å². The van der Waals surface area contributed by atoms with Gasteiger partial charge in [-0.15, -0.1) is 0 Å². The fourth-order valence-electron chi connectivity index (χ4n) is 2.81. The van der Waals surface area contributed by atoms with Crippen LogP contribution in [0.25, 0.3) is 0 Å². The molecule has 1 saturated heterocycles. The predicted molar refractivity (Wildman–Crippen MR) is 84.9 cm³/mol. The molecule has 1 heterocycles. The number of rotatable bonds is 6. The monoisotopic (exact) mass is 297 g/mol. The first-order valence-electron chi connectivity index (χ1n) is 8.14. The molecule has 2 amide bonds. The molecule has 0 saturated carbocycles. The zero-order chi connectivity index (χ0) is 16.0. The highest BCUT2D eigenvalue weighted by atomic mass is 16.2. The van der Waals surface area contributed by atoms with Gasteiger partial charge in [0.05, 0.1) is 6.04 Å². The number of amides is 2. The molecule has 0 aromatic heterocycles. The first-order valence-corrected chi connectivity index (χ1v) is 8.14. The van der Waals surface area contributed by atoms with Crippen molar-refractivity contribution >= 4 is 11.8 Å². The SMILES string of the molecule is CC[C@@H]1CN(C(C)=O)CC[C@H]1N[C@@H](C)C(=O)NCC(C)C. The maximum Gasteiger partial charge on any atom is 0.236 e. The highest BCUT2D eigenvalue weighted by molar-refractivity contribution is 5.81. The van der Waals surface area contributed by atoms with Gasteiger partial charge in [0.2, 0.25) is 11.8 Å². The van der Waals surface area contributed by atoms with Gasteiger partial charge in [-0.05, 0) is 25.2 Å². The Kier molecular flexibility index (Phi) is 7.15. The molecule has 21 heavy (non-hydrogen) atoms. The van der Waals surface area contributed by atoms with Crippen LogP contribution in [-0.2, 0) is 9.59 Å². The number of piperidine rings is 1. The minimum atomic E-state index is -0.188. The van der Waals surface area contributed by atoms with E-state index in [0.29, 0.717) is 24.4 Å². The van der Waals surface area contributed by atoms with E-state index in [4.69, 9.17) is 0 Å². The second-order valence-electron chi connectivity index (χ2n) is 6.56. The van der Waals surface area contributed by atoms with Crippen molar-refractivity contribution in [2.24, 2.45) is 11.8 Å². The summed E-state index contributed by atoms with van der Waals surface area (Å²) in [4.78, 5) is 25.5. The van der Waals surface area contributed by atoms with E-state index < -0.39 is 0 Å². The summed E-state index contributed by atoms with van der Waals surface area (Å²) in [6.07, 6.45) is 1.93. The Morgan fingerprint density at radius 2 is 1.95 bits per heavy atom. The molecule has 1 fully saturated rings. The quantitative estimate of drug-likeness (QED) is 0.779. The van der Waals surface area contributed by atoms with Crippen molar-refractivity contribution in [1.82, 2.24) is 15.5 Å². The number of nitrogens with zero attached hydrogens (tertiary/aromatic N) is 1. The topological polar surface area (TPSA) is 61.4 Å². The fraction of sp³-hybridized carbons (Fsp3) is 0.875. The first-order chi connectivity index (χ1) is 9.85. The van der Waals surface area contributed by atoms with E-state index in [1.165, 1.54) is 0 Å². The van der Waals surface area contributed by atoms with E-state index in [-0.39, 0.29) is 17.9 Å². The van der Waals surface area contributed by atoms with Crippen molar-refractivity contribution in [3.05, 3.63) is 0 Å². The Morgan fingerprint density at radius 3 is 2.48 bits per heavy atom. The summed E-state index contributed by atoms with van der Waals surface area (Å²) >= 11 is 0. The molecule has 0 spiro atoms. The number of hydrogen-bond donors (Lipinski definition) is 2. The molecule has 2 N–H and O–H groups in total. The van der Waals surface area contributed by atoms with E-state index in [2.05, 4.69) is 31.4 Å². The Balaban J connectivity index is 2.49. The average molecular weight is 297 g/mol. The van der Waals surface area contributed by atoms with Gasteiger partial charge < -0.3 is 15.5 Å². The summed E-state index contributed by atoms with van der Waals surface area (Å²) in [6, 6.07) is 0.122. The van der Waals surface area contributed by atoms with Gasteiger partial charge in [0, 0.05) is 32.6 Å². The van der Waals surface area contributed by atoms with Crippen LogP contribution in [-0.4, -0.2) is 48.4 Å². The van der Waals surface area contributed by atoms with Gasteiger partial charge >= 0.3 is 0 Å². The lowest BCUT2D eigenvalue weighted by molar-refractivity contribution is -0.131. The highest BCUT2D eigenvalue weighted by Crippen LogP contribution is 2.20. The van der Waals surface area contributed by atoms with Gasteiger partial charge in [-0.3, -0.25) is 9.59 Å². The molecular weight excluding hydrogens is 266 g/mol. The molecule has 1 aliphatic heterocycles. The third kappa shape index (κ3) is 5.65. The van der Waals surface area contributed by atoms with Gasteiger partial charge in [0.25, 0.3) is 0 Å². The number of carbonyl (C=O) groups is 2. The summed E-state index contributed by atoms with van der Waals surface area (Å²) in [5, 5.41) is 6.42. The number of hydrogen-bond acceptors (Lipinski definition) is 3. The maximum absolute atomic E-state index is 12.1. The maximum atomic E-state index is 12.1. The van der Waals surface area contributed by atoms with E-state index in [1.54, 1.807) is 6.92 Å². The summed E-state index contributed by atoms with van der Waals surface area (Å²) in [5.74, 6) is 1.09. The second-order valence-corrected chi connectivity index (χ2v) is 6.56. The lowest BCUT2D eigenvalue weighted by Crippen LogP contribution is -2.55. The van der Waals surface area contributed by atoms with Gasteiger partial charge in [-0.25, -0.2) is 0 Å². The van der Waals surface area contributed by atoms with Crippen LogP contribution < -0.4 is 10.6 Å². The highest BCUT2D eigenvalue weighted by Gasteiger charge is 2.30. The number of carbonyl (C=O) groups excluding carboxylic acids is 2. The van der Waals surface area contributed by atoms with E-state index in [0.717, 1.165) is 25.9 Å². The third-order valence-corrected chi connectivity index (χ3v) is 4.25. The third-order valence-electron chi connectivity index (χ3n) is 4.25. The fourth-order valence-corrected chi connectivity index (χ4v) is 2.81. The molecule has 3 atom stereocenters. The average Bonchev–Trinajstić information content (AvgIpc) is 2.44. The van der Waals surface area contributed by atoms with Crippen LogP contribution in [0.2, 0.25) is 0 Å². The Morgan fingerprint density at radius 1 is 1.29 bits per heavy atom. The molecule has 1 aliphatic rings. The summed E-state index contributed by atoms with van der Waals surface area (Å²) in [5.41, 5.74) is 0. The molecule has 1 rings (SSSR count). The number of likely N-dealkylation sites (tertiary alicyclic amines) is 1. The van der Waals surface area contributed by atoms with Crippen molar-refractivity contribution in [3.8, 4) is 0 Å². The Hall–Kier alpha value is -1.10. The summed E-state index contributed by atoms with van der Waals surface area (Å²) < 4.78 is 0. The first kappa shape index (κ1) is 18.0. The second kappa shape index (κ2) is 8.37. The number of nitrogens with one attached hydrogen (secondary N) is 2. The van der Waals surface area contributed by atoms with Crippen LogP contribution in [0.1, 0.15) is 47.5 Å². The van der Waals surface area contributed by atoms with Crippen molar-refractivity contribution in [2.45, 2.75) is 59.5 Å². The minimum Gasteiger partial charge on any atom is -0.354 e. The molecule has 5 heteroatoms. The molecular formula is C16H31N3O2. The molecule has 0 radical (unpaired) electrons. The lowest BCUT2D eigenvalue weighted by Gasteiger charge is -2.39. The van der Waals surface area contributed by atoms with Gasteiger partial charge in [0.15, 0.2) is 0 Å². The van der Waals surface area contributed by atoms with Crippen molar-refractivity contribution < 1.29 is 9.59 Å². The smallest absolute Gasteiger partial charge is 0.236 e. The molecule has 0 aromatic carbocycles. The molecule has 0 unspecified atom stereocenters. The zero-order valence-electron chi connectivity index (χ0n) is 14.1. The van der Waals surface area contributed by atoms with Crippen LogP contribution in [0.15, 0.2) is 0 Å². The molecule has 5 nitrogen and oxygen atoms in total. The predicted octanol–water partition coefficient (Wildman–Crippen LogP) is 1.38. The van der Waals surface area contributed by atoms with Crippen LogP contribution >= 0.6 is 0 Å². The van der Waals surface area contributed by atoms with Crippen molar-refractivity contribution in [3.63, 3.8) is 0 Å². The lowest BCUT2D eigenvalue weighted by atomic mass is 9.89. The van der Waals surface area contributed by atoms with Crippen molar-refractivity contribution in [2.75, 3.05) is 19.6 Å². The van der Waals surface area contributed by atoms with E-state index in [9.17, 15) is 9.59 Å². The standard InChI is InChI=1S/C16H31N3O2/c1-6-14-10-19(13(5)20)8-7-15(14)18-12(4)16(21)17-9-11(2)3/h11-12,14-15,18H,6-10H2,1-5H3,(H,17,21)/t12-,14+,15+/m0/s1. The molecule has 0 bridgehead atoms. The molecule has 0 aliphatic carbocycles. The molecule has 122 valence electrons. The summed E-state index contributed by atoms with van der Waals surface area (Å²) in [7, 11) is 0. The van der Waals surface area contributed by atoms with Crippen LogP contribution in [0, 0.1) is 11.8 Å². The van der Waals surface area contributed by atoms with Gasteiger partial charge in [0.1, 0.15) is 0 Å². The van der Waals surface area contributed by atoms with E-state index in [1.807, 2.05) is 11.8 Å². The Bertz CT molecular complexity index is 357. The molecule has 0 aromatic rings. The normalized spacial score (nSPS) is 24.0. The van der Waals surface area contributed by atoms with Crippen LogP contribution in [0.4, 0.5) is 0 Å².